The first-order valence-electron chi connectivity index (χ1n) is 10.4. The molecule has 0 unspecified atom stereocenters. The number of anilines is 1. The maximum atomic E-state index is 12.4. The van der Waals surface area contributed by atoms with E-state index in [4.69, 9.17) is 23.2 Å². The first-order chi connectivity index (χ1) is 14.8. The summed E-state index contributed by atoms with van der Waals surface area (Å²) in [4.78, 5) is 14.7. The predicted octanol–water partition coefficient (Wildman–Crippen LogP) is 4.19. The lowest BCUT2D eigenvalue weighted by molar-refractivity contribution is 0.0952. The summed E-state index contributed by atoms with van der Waals surface area (Å²) in [6, 6.07) is 11.5. The number of nitrogens with zero attached hydrogens (tertiary/aromatic N) is 1. The molecule has 0 spiro atoms. The van der Waals surface area contributed by atoms with E-state index in [0.29, 0.717) is 33.4 Å². The fraction of sp³-hybridized carbons (Fsp3) is 0.409. The number of amides is 1. The molecule has 1 aliphatic heterocycles. The Bertz CT molecular complexity index is 992. The van der Waals surface area contributed by atoms with Crippen molar-refractivity contribution < 1.29 is 13.2 Å². The van der Waals surface area contributed by atoms with Gasteiger partial charge in [0.05, 0.1) is 15.8 Å². The van der Waals surface area contributed by atoms with Crippen molar-refractivity contribution in [3.63, 3.8) is 0 Å². The number of carbonyl (C=O) groups excluding carboxylic acids is 1. The van der Waals surface area contributed by atoms with Crippen molar-refractivity contribution >= 4 is 44.8 Å². The Morgan fingerprint density at radius 2 is 1.74 bits per heavy atom. The van der Waals surface area contributed by atoms with Crippen molar-refractivity contribution in [2.45, 2.75) is 25.7 Å². The van der Waals surface area contributed by atoms with E-state index in [9.17, 15) is 13.2 Å². The molecule has 1 amide bonds. The van der Waals surface area contributed by atoms with Gasteiger partial charge in [-0.2, -0.15) is 0 Å². The van der Waals surface area contributed by atoms with Crippen LogP contribution in [-0.2, 0) is 16.4 Å². The van der Waals surface area contributed by atoms with Gasteiger partial charge in [-0.05, 0) is 81.2 Å². The Hall–Kier alpha value is -1.80. The highest BCUT2D eigenvalue weighted by molar-refractivity contribution is 7.92. The molecule has 0 aromatic heterocycles. The second kappa shape index (κ2) is 11.2. The van der Waals surface area contributed by atoms with Crippen LogP contribution in [0.15, 0.2) is 42.5 Å². The number of hydrogen-bond donors (Lipinski definition) is 2. The van der Waals surface area contributed by atoms with Crippen LogP contribution >= 0.6 is 23.2 Å². The molecule has 0 saturated carbocycles. The molecule has 2 N–H and O–H groups in total. The van der Waals surface area contributed by atoms with E-state index in [2.05, 4.69) is 14.9 Å². The zero-order valence-corrected chi connectivity index (χ0v) is 19.6. The van der Waals surface area contributed by atoms with E-state index in [1.807, 2.05) is 0 Å². The van der Waals surface area contributed by atoms with Gasteiger partial charge in [-0.1, -0.05) is 35.3 Å². The first-order valence-corrected chi connectivity index (χ1v) is 12.8. The molecule has 0 radical (unpaired) electrons. The van der Waals surface area contributed by atoms with Gasteiger partial charge in [0.25, 0.3) is 5.91 Å². The van der Waals surface area contributed by atoms with Crippen LogP contribution in [0.25, 0.3) is 0 Å². The van der Waals surface area contributed by atoms with Gasteiger partial charge in [0.2, 0.25) is 10.0 Å². The molecule has 6 nitrogen and oxygen atoms in total. The quantitative estimate of drug-likeness (QED) is 0.496. The molecule has 1 aliphatic rings. The van der Waals surface area contributed by atoms with E-state index in [1.54, 1.807) is 42.5 Å². The maximum Gasteiger partial charge on any atom is 0.251 e. The number of halogens is 2. The van der Waals surface area contributed by atoms with E-state index < -0.39 is 10.0 Å². The molecule has 168 valence electrons. The van der Waals surface area contributed by atoms with E-state index in [1.165, 1.54) is 12.8 Å². The van der Waals surface area contributed by atoms with Gasteiger partial charge < -0.3 is 10.2 Å². The van der Waals surface area contributed by atoms with Crippen molar-refractivity contribution in [1.82, 2.24) is 10.2 Å². The molecular formula is C22H27Cl2N3O3S. The Morgan fingerprint density at radius 3 is 2.45 bits per heavy atom. The van der Waals surface area contributed by atoms with Crippen LogP contribution in [0, 0.1) is 0 Å². The zero-order valence-electron chi connectivity index (χ0n) is 17.2. The monoisotopic (exact) mass is 483 g/mol. The van der Waals surface area contributed by atoms with Gasteiger partial charge in [0, 0.05) is 17.8 Å². The Morgan fingerprint density at radius 1 is 1.03 bits per heavy atom. The van der Waals surface area contributed by atoms with Gasteiger partial charge in [-0.25, -0.2) is 8.42 Å². The summed E-state index contributed by atoms with van der Waals surface area (Å²) in [5.74, 6) is -0.293. The highest BCUT2D eigenvalue weighted by Gasteiger charge is 2.14. The molecular weight excluding hydrogens is 457 g/mol. The summed E-state index contributed by atoms with van der Waals surface area (Å²) in [5.41, 5.74) is 1.58. The lowest BCUT2D eigenvalue weighted by atomic mass is 10.2. The van der Waals surface area contributed by atoms with Crippen LogP contribution in [0.1, 0.15) is 35.2 Å². The van der Waals surface area contributed by atoms with Gasteiger partial charge in [-0.15, -0.1) is 0 Å². The smallest absolute Gasteiger partial charge is 0.251 e. The molecule has 9 heteroatoms. The SMILES string of the molecule is O=C(NCCCN1CCCC1)c1ccc(NS(=O)(=O)CCc2cccc(Cl)c2Cl)cc1. The largest absolute Gasteiger partial charge is 0.352 e. The molecule has 1 fully saturated rings. The number of carbonyl (C=O) groups is 1. The molecule has 3 rings (SSSR count). The van der Waals surface area contributed by atoms with Gasteiger partial charge in [-0.3, -0.25) is 9.52 Å². The summed E-state index contributed by atoms with van der Waals surface area (Å²) < 4.78 is 27.3. The number of rotatable bonds is 10. The van der Waals surface area contributed by atoms with Crippen molar-refractivity contribution in [2.75, 3.05) is 36.7 Å². The van der Waals surface area contributed by atoms with Crippen LogP contribution in [0.3, 0.4) is 0 Å². The van der Waals surface area contributed by atoms with Crippen molar-refractivity contribution in [3.8, 4) is 0 Å². The third kappa shape index (κ3) is 7.38. The Balaban J connectivity index is 1.46. The highest BCUT2D eigenvalue weighted by atomic mass is 35.5. The normalized spacial score (nSPS) is 14.5. The molecule has 31 heavy (non-hydrogen) atoms. The minimum Gasteiger partial charge on any atom is -0.352 e. The molecule has 0 atom stereocenters. The van der Waals surface area contributed by atoms with Crippen molar-refractivity contribution in [1.29, 1.82) is 0 Å². The van der Waals surface area contributed by atoms with Gasteiger partial charge >= 0.3 is 0 Å². The van der Waals surface area contributed by atoms with Crippen LogP contribution < -0.4 is 10.0 Å². The Kier molecular flexibility index (Phi) is 8.60. The number of aryl methyl sites for hydroxylation is 1. The van der Waals surface area contributed by atoms with Gasteiger partial charge in [0.1, 0.15) is 0 Å². The van der Waals surface area contributed by atoms with Crippen molar-refractivity contribution in [2.24, 2.45) is 0 Å². The molecule has 2 aromatic rings. The number of benzene rings is 2. The molecule has 0 bridgehead atoms. The topological polar surface area (TPSA) is 78.5 Å². The average Bonchev–Trinajstić information content (AvgIpc) is 3.26. The number of likely N-dealkylation sites (tertiary alicyclic amines) is 1. The molecule has 0 aliphatic carbocycles. The predicted molar refractivity (Wildman–Crippen MR) is 127 cm³/mol. The highest BCUT2D eigenvalue weighted by Crippen LogP contribution is 2.26. The summed E-state index contributed by atoms with van der Waals surface area (Å²) in [5, 5.41) is 3.68. The average molecular weight is 484 g/mol. The van der Waals surface area contributed by atoms with Crippen LogP contribution in [-0.4, -0.2) is 51.2 Å². The zero-order chi connectivity index (χ0) is 22.3. The molecule has 2 aromatic carbocycles. The number of sulfonamides is 1. The lowest BCUT2D eigenvalue weighted by Gasteiger charge is -2.14. The standard InChI is InChI=1S/C22H27Cl2N3O3S/c23-20-6-3-5-17(21(20)24)11-16-31(29,30)26-19-9-7-18(8-10-19)22(28)25-12-4-15-27-13-1-2-14-27/h3,5-10,26H,1-2,4,11-16H2,(H,25,28). The maximum absolute atomic E-state index is 12.4. The van der Waals surface area contributed by atoms with E-state index in [-0.39, 0.29) is 18.1 Å². The number of hydrogen-bond acceptors (Lipinski definition) is 4. The first kappa shape index (κ1) is 23.9. The second-order valence-electron chi connectivity index (χ2n) is 7.62. The summed E-state index contributed by atoms with van der Waals surface area (Å²) in [6.07, 6.45) is 3.68. The minimum absolute atomic E-state index is 0.133. The molecule has 1 heterocycles. The van der Waals surface area contributed by atoms with E-state index in [0.717, 1.165) is 26.1 Å². The summed E-state index contributed by atoms with van der Waals surface area (Å²) in [6.45, 7) is 3.92. The van der Waals surface area contributed by atoms with Gasteiger partial charge in [0.15, 0.2) is 0 Å². The van der Waals surface area contributed by atoms with Crippen molar-refractivity contribution in [3.05, 3.63) is 63.6 Å². The third-order valence-corrected chi connectivity index (χ3v) is 7.37. The Labute approximate surface area is 194 Å². The van der Waals surface area contributed by atoms with Crippen LogP contribution in [0.4, 0.5) is 5.69 Å². The second-order valence-corrected chi connectivity index (χ2v) is 10.2. The minimum atomic E-state index is -3.58. The van der Waals surface area contributed by atoms with Crippen LogP contribution in [0.5, 0.6) is 0 Å². The molecule has 1 saturated heterocycles. The van der Waals surface area contributed by atoms with Crippen LogP contribution in [0.2, 0.25) is 10.0 Å². The van der Waals surface area contributed by atoms with E-state index >= 15 is 0 Å². The third-order valence-electron chi connectivity index (χ3n) is 5.23. The summed E-state index contributed by atoms with van der Waals surface area (Å²) >= 11 is 12.1. The fourth-order valence-electron chi connectivity index (χ4n) is 3.52. The summed E-state index contributed by atoms with van der Waals surface area (Å²) in [7, 11) is -3.58. The number of nitrogens with one attached hydrogen (secondary N) is 2. The fourth-order valence-corrected chi connectivity index (χ4v) is 5.02. The lowest BCUT2D eigenvalue weighted by Crippen LogP contribution is -2.28.